The molecule has 0 saturated carbocycles. The summed E-state index contributed by atoms with van der Waals surface area (Å²) >= 11 is 0. The molecule has 0 spiro atoms. The number of aryl methyl sites for hydroxylation is 2. The van der Waals surface area contributed by atoms with Gasteiger partial charge in [-0.25, -0.2) is 4.98 Å². The molecule has 0 unspecified atom stereocenters. The van der Waals surface area contributed by atoms with Crippen LogP contribution in [0.25, 0.3) is 17.0 Å². The van der Waals surface area contributed by atoms with E-state index in [0.717, 1.165) is 29.3 Å². The van der Waals surface area contributed by atoms with E-state index in [9.17, 15) is 0 Å². The van der Waals surface area contributed by atoms with Crippen molar-refractivity contribution in [1.82, 2.24) is 29.4 Å². The Morgan fingerprint density at radius 1 is 1.08 bits per heavy atom. The van der Waals surface area contributed by atoms with E-state index in [1.54, 1.807) is 0 Å². The van der Waals surface area contributed by atoms with E-state index in [-0.39, 0.29) is 0 Å². The molecule has 3 heterocycles. The third kappa shape index (κ3) is 2.61. The molecule has 7 heteroatoms. The van der Waals surface area contributed by atoms with Crippen molar-refractivity contribution in [2.24, 2.45) is 7.05 Å². The van der Waals surface area contributed by atoms with Gasteiger partial charge in [0.2, 0.25) is 5.65 Å². The first kappa shape index (κ1) is 16.3. The predicted octanol–water partition coefficient (Wildman–Crippen LogP) is 2.77. The Bertz CT molecular complexity index is 1080. The standard InChI is InChI=1S/C19H21N7/c1-12-15(10-14-8-6-5-7-9-14)17(24-25(12)4)16-11-26-13(2)22-23-19(26)18(20-3)21-16/h5-9,11H,10H2,1-4H3,(H,20,21). The van der Waals surface area contributed by atoms with Gasteiger partial charge in [0.05, 0.1) is 0 Å². The van der Waals surface area contributed by atoms with Gasteiger partial charge in [0.1, 0.15) is 17.2 Å². The lowest BCUT2D eigenvalue weighted by atomic mass is 10.0. The monoisotopic (exact) mass is 347 g/mol. The smallest absolute Gasteiger partial charge is 0.203 e. The lowest BCUT2D eigenvalue weighted by Crippen LogP contribution is -2.02. The molecule has 0 aliphatic rings. The predicted molar refractivity (Wildman–Crippen MR) is 101 cm³/mol. The number of fused-ring (bicyclic) bond motifs is 1. The quantitative estimate of drug-likeness (QED) is 0.614. The summed E-state index contributed by atoms with van der Waals surface area (Å²) in [6.07, 6.45) is 2.77. The summed E-state index contributed by atoms with van der Waals surface area (Å²) in [6.45, 7) is 4.02. The molecule has 4 rings (SSSR count). The van der Waals surface area contributed by atoms with Crippen LogP contribution in [0.3, 0.4) is 0 Å². The number of hydrogen-bond acceptors (Lipinski definition) is 5. The van der Waals surface area contributed by atoms with Crippen molar-refractivity contribution in [3.05, 3.63) is 59.2 Å². The second-order valence-corrected chi connectivity index (χ2v) is 6.36. The lowest BCUT2D eigenvalue weighted by Gasteiger charge is -2.08. The Kier molecular flexibility index (Phi) is 3.91. The topological polar surface area (TPSA) is 72.9 Å². The van der Waals surface area contributed by atoms with Gasteiger partial charge in [-0.2, -0.15) is 5.10 Å². The minimum absolute atomic E-state index is 0.692. The Balaban J connectivity index is 1.89. The molecule has 132 valence electrons. The Labute approximate surface area is 151 Å². The van der Waals surface area contributed by atoms with Gasteiger partial charge in [0.25, 0.3) is 0 Å². The highest BCUT2D eigenvalue weighted by Crippen LogP contribution is 2.28. The van der Waals surface area contributed by atoms with Crippen LogP contribution in [-0.2, 0) is 13.5 Å². The van der Waals surface area contributed by atoms with Crippen molar-refractivity contribution < 1.29 is 0 Å². The molecule has 1 aromatic carbocycles. The van der Waals surface area contributed by atoms with Crippen LogP contribution in [0.2, 0.25) is 0 Å². The van der Waals surface area contributed by atoms with Crippen molar-refractivity contribution in [3.63, 3.8) is 0 Å². The van der Waals surface area contributed by atoms with Crippen LogP contribution < -0.4 is 5.32 Å². The van der Waals surface area contributed by atoms with E-state index >= 15 is 0 Å². The van der Waals surface area contributed by atoms with Crippen molar-refractivity contribution in [1.29, 1.82) is 0 Å². The Hall–Kier alpha value is -3.22. The van der Waals surface area contributed by atoms with Crippen LogP contribution >= 0.6 is 0 Å². The van der Waals surface area contributed by atoms with E-state index in [1.165, 1.54) is 11.1 Å². The molecule has 0 atom stereocenters. The summed E-state index contributed by atoms with van der Waals surface area (Å²) in [7, 11) is 3.81. The van der Waals surface area contributed by atoms with E-state index in [4.69, 9.17) is 10.1 Å². The highest BCUT2D eigenvalue weighted by atomic mass is 15.3. The van der Waals surface area contributed by atoms with Crippen molar-refractivity contribution in [2.45, 2.75) is 20.3 Å². The Morgan fingerprint density at radius 2 is 1.85 bits per heavy atom. The minimum Gasteiger partial charge on any atom is -0.370 e. The summed E-state index contributed by atoms with van der Waals surface area (Å²) in [5, 5.41) is 16.2. The summed E-state index contributed by atoms with van der Waals surface area (Å²) < 4.78 is 3.86. The number of benzene rings is 1. The molecule has 0 saturated heterocycles. The second kappa shape index (κ2) is 6.25. The molecule has 0 fully saturated rings. The van der Waals surface area contributed by atoms with Gasteiger partial charge < -0.3 is 5.32 Å². The number of anilines is 1. The molecule has 0 amide bonds. The van der Waals surface area contributed by atoms with E-state index in [2.05, 4.69) is 46.7 Å². The van der Waals surface area contributed by atoms with Crippen LogP contribution in [0.1, 0.15) is 22.6 Å². The normalized spacial score (nSPS) is 11.2. The summed E-state index contributed by atoms with van der Waals surface area (Å²) in [6, 6.07) is 10.4. The minimum atomic E-state index is 0.692. The first-order valence-electron chi connectivity index (χ1n) is 8.55. The Morgan fingerprint density at radius 3 is 2.58 bits per heavy atom. The van der Waals surface area contributed by atoms with Gasteiger partial charge in [-0.15, -0.1) is 10.2 Å². The van der Waals surface area contributed by atoms with Crippen LogP contribution in [0.15, 0.2) is 36.5 Å². The fraction of sp³-hybridized carbons (Fsp3) is 0.263. The number of aromatic nitrogens is 6. The van der Waals surface area contributed by atoms with E-state index in [0.29, 0.717) is 11.5 Å². The average molecular weight is 347 g/mol. The van der Waals surface area contributed by atoms with Gasteiger partial charge >= 0.3 is 0 Å². The molecular weight excluding hydrogens is 326 g/mol. The molecule has 4 aromatic rings. The van der Waals surface area contributed by atoms with Gasteiger partial charge in [0.15, 0.2) is 5.82 Å². The number of rotatable bonds is 4. The first-order chi connectivity index (χ1) is 12.6. The third-order valence-electron chi connectivity index (χ3n) is 4.72. The molecule has 7 nitrogen and oxygen atoms in total. The van der Waals surface area contributed by atoms with E-state index < -0.39 is 0 Å². The molecule has 0 aliphatic heterocycles. The number of nitrogens with zero attached hydrogens (tertiary/aromatic N) is 6. The van der Waals surface area contributed by atoms with Crippen molar-refractivity contribution >= 4 is 11.5 Å². The highest BCUT2D eigenvalue weighted by molar-refractivity contribution is 5.69. The summed E-state index contributed by atoms with van der Waals surface area (Å²) in [4.78, 5) is 4.75. The highest BCUT2D eigenvalue weighted by Gasteiger charge is 2.19. The number of nitrogens with one attached hydrogen (secondary N) is 1. The van der Waals surface area contributed by atoms with Crippen molar-refractivity contribution in [2.75, 3.05) is 12.4 Å². The van der Waals surface area contributed by atoms with Crippen LogP contribution in [-0.4, -0.2) is 36.4 Å². The SMILES string of the molecule is CNc1nc(-c2nn(C)c(C)c2Cc2ccccc2)cn2c(C)nnc12. The largest absolute Gasteiger partial charge is 0.370 e. The van der Waals surface area contributed by atoms with Crippen LogP contribution in [0.5, 0.6) is 0 Å². The van der Waals surface area contributed by atoms with Crippen molar-refractivity contribution in [3.8, 4) is 11.4 Å². The maximum Gasteiger partial charge on any atom is 0.203 e. The van der Waals surface area contributed by atoms with Gasteiger partial charge in [0, 0.05) is 38.0 Å². The molecule has 0 aliphatic carbocycles. The number of hydrogen-bond donors (Lipinski definition) is 1. The van der Waals surface area contributed by atoms with Crippen LogP contribution in [0, 0.1) is 13.8 Å². The molecular formula is C19H21N7. The van der Waals surface area contributed by atoms with E-state index in [1.807, 2.05) is 42.4 Å². The molecule has 0 bridgehead atoms. The molecule has 1 N–H and O–H groups in total. The molecule has 26 heavy (non-hydrogen) atoms. The van der Waals surface area contributed by atoms with Gasteiger partial charge in [-0.3, -0.25) is 9.08 Å². The fourth-order valence-electron chi connectivity index (χ4n) is 3.16. The molecule has 0 radical (unpaired) electrons. The third-order valence-corrected chi connectivity index (χ3v) is 4.72. The lowest BCUT2D eigenvalue weighted by molar-refractivity contribution is 0.740. The summed E-state index contributed by atoms with van der Waals surface area (Å²) in [5.74, 6) is 1.51. The first-order valence-corrected chi connectivity index (χ1v) is 8.55. The zero-order chi connectivity index (χ0) is 18.3. The second-order valence-electron chi connectivity index (χ2n) is 6.36. The van der Waals surface area contributed by atoms with Gasteiger partial charge in [-0.05, 0) is 19.4 Å². The van der Waals surface area contributed by atoms with Gasteiger partial charge in [-0.1, -0.05) is 30.3 Å². The zero-order valence-electron chi connectivity index (χ0n) is 15.4. The maximum absolute atomic E-state index is 4.75. The van der Waals surface area contributed by atoms with Crippen LogP contribution in [0.4, 0.5) is 5.82 Å². The maximum atomic E-state index is 4.75. The average Bonchev–Trinajstić information content (AvgIpc) is 3.17. The summed E-state index contributed by atoms with van der Waals surface area (Å²) in [5.41, 5.74) is 5.97. The molecule has 3 aromatic heterocycles. The fourth-order valence-corrected chi connectivity index (χ4v) is 3.16. The zero-order valence-corrected chi connectivity index (χ0v) is 15.4.